The Bertz CT molecular complexity index is 849. The zero-order chi connectivity index (χ0) is 24.5. The summed E-state index contributed by atoms with van der Waals surface area (Å²) in [5.74, 6) is -1.74. The van der Waals surface area contributed by atoms with E-state index in [1.165, 1.54) is 18.9 Å². The van der Waals surface area contributed by atoms with Crippen LogP contribution in [-0.4, -0.2) is 60.1 Å². The molecule has 0 aliphatic carbocycles. The number of carboxylic acids is 1. The van der Waals surface area contributed by atoms with Crippen molar-refractivity contribution in [3.63, 3.8) is 0 Å². The van der Waals surface area contributed by atoms with Gasteiger partial charge in [0.2, 0.25) is 11.8 Å². The van der Waals surface area contributed by atoms with Crippen LogP contribution in [0.15, 0.2) is 41.3 Å². The van der Waals surface area contributed by atoms with Gasteiger partial charge in [-0.05, 0) is 35.8 Å². The highest BCUT2D eigenvalue weighted by Crippen LogP contribution is 2.25. The third kappa shape index (κ3) is 7.85. The van der Waals surface area contributed by atoms with Crippen LogP contribution in [0.25, 0.3) is 0 Å². The lowest BCUT2D eigenvalue weighted by Crippen LogP contribution is -2.59. The van der Waals surface area contributed by atoms with Gasteiger partial charge in [-0.25, -0.2) is 4.79 Å². The first-order chi connectivity index (χ1) is 15.6. The van der Waals surface area contributed by atoms with Crippen LogP contribution in [0.3, 0.4) is 0 Å². The van der Waals surface area contributed by atoms with E-state index in [-0.39, 0.29) is 23.8 Å². The standard InChI is InChI=1S/C23H34N4O5S/c1-13(2)10-16(23(30)31)25-21(29)19-14(3)12-33-22(27-19)17(11-32-4)26-20(28)18(24)15-8-6-5-7-9-15/h5-9,12-13,16-19,22,27H,10-11,24H2,1-4H3,(H,25,29)(H,26,28)(H,30,31)/t16-,17+,18?,19?,22+/m0/s1. The number of nitrogens with two attached hydrogens (primary N) is 1. The molecule has 2 unspecified atom stereocenters. The van der Waals surface area contributed by atoms with Gasteiger partial charge >= 0.3 is 5.97 Å². The van der Waals surface area contributed by atoms with Crippen molar-refractivity contribution in [2.45, 2.75) is 56.7 Å². The number of carbonyl (C=O) groups excluding carboxylic acids is 2. The van der Waals surface area contributed by atoms with E-state index in [0.29, 0.717) is 12.0 Å². The number of hydrogen-bond acceptors (Lipinski definition) is 7. The van der Waals surface area contributed by atoms with Crippen LogP contribution in [0.2, 0.25) is 0 Å². The molecule has 0 bridgehead atoms. The van der Waals surface area contributed by atoms with E-state index >= 15 is 0 Å². The van der Waals surface area contributed by atoms with Crippen LogP contribution in [0, 0.1) is 5.92 Å². The van der Waals surface area contributed by atoms with Crippen molar-refractivity contribution in [1.29, 1.82) is 0 Å². The van der Waals surface area contributed by atoms with Crippen LogP contribution in [-0.2, 0) is 19.1 Å². The minimum absolute atomic E-state index is 0.112. The van der Waals surface area contributed by atoms with Crippen molar-refractivity contribution in [3.05, 3.63) is 46.9 Å². The molecule has 10 heteroatoms. The van der Waals surface area contributed by atoms with Crippen LogP contribution in [0.5, 0.6) is 0 Å². The average Bonchev–Trinajstić information content (AvgIpc) is 2.78. The summed E-state index contributed by atoms with van der Waals surface area (Å²) in [6.07, 6.45) is 0.328. The molecule has 5 atom stereocenters. The molecule has 182 valence electrons. The number of carbonyl (C=O) groups is 3. The number of carboxylic acid groups (broad SMARTS) is 1. The van der Waals surface area contributed by atoms with Gasteiger partial charge in [-0.1, -0.05) is 44.2 Å². The van der Waals surface area contributed by atoms with Gasteiger partial charge in [0.05, 0.1) is 18.0 Å². The Morgan fingerprint density at radius 2 is 1.88 bits per heavy atom. The van der Waals surface area contributed by atoms with E-state index in [9.17, 15) is 19.5 Å². The van der Waals surface area contributed by atoms with Crippen molar-refractivity contribution < 1.29 is 24.2 Å². The predicted octanol–water partition coefficient (Wildman–Crippen LogP) is 1.37. The predicted molar refractivity (Wildman–Crippen MR) is 128 cm³/mol. The topological polar surface area (TPSA) is 143 Å². The highest BCUT2D eigenvalue weighted by molar-refractivity contribution is 8.02. The zero-order valence-corrected chi connectivity index (χ0v) is 20.2. The molecule has 6 N–H and O–H groups in total. The summed E-state index contributed by atoms with van der Waals surface area (Å²) in [5.41, 5.74) is 7.56. The molecule has 1 aromatic rings. The number of aliphatic carboxylic acids is 1. The van der Waals surface area contributed by atoms with Crippen molar-refractivity contribution in [1.82, 2.24) is 16.0 Å². The summed E-state index contributed by atoms with van der Waals surface area (Å²) < 4.78 is 5.30. The second-order valence-corrected chi connectivity index (χ2v) is 9.52. The van der Waals surface area contributed by atoms with Gasteiger partial charge in [-0.3, -0.25) is 14.9 Å². The van der Waals surface area contributed by atoms with Gasteiger partial charge in [-0.2, -0.15) is 0 Å². The maximum Gasteiger partial charge on any atom is 0.326 e. The molecular formula is C23H34N4O5S. The van der Waals surface area contributed by atoms with Crippen molar-refractivity contribution in [3.8, 4) is 0 Å². The molecule has 0 saturated carbocycles. The lowest BCUT2D eigenvalue weighted by atomic mass is 10.0. The third-order valence-electron chi connectivity index (χ3n) is 5.25. The largest absolute Gasteiger partial charge is 0.480 e. The summed E-state index contributed by atoms with van der Waals surface area (Å²) in [4.78, 5) is 37.3. The minimum Gasteiger partial charge on any atom is -0.480 e. The molecular weight excluding hydrogens is 444 g/mol. The van der Waals surface area contributed by atoms with E-state index in [0.717, 1.165) is 5.57 Å². The highest BCUT2D eigenvalue weighted by Gasteiger charge is 2.35. The molecule has 2 amide bonds. The number of hydrogen-bond donors (Lipinski definition) is 5. The molecule has 0 spiro atoms. The fraction of sp³-hybridized carbons (Fsp3) is 0.522. The zero-order valence-electron chi connectivity index (χ0n) is 19.4. The van der Waals surface area contributed by atoms with Gasteiger partial charge in [0.15, 0.2) is 0 Å². The molecule has 0 aromatic heterocycles. The minimum atomic E-state index is -1.07. The molecule has 1 aliphatic heterocycles. The number of nitrogens with one attached hydrogen (secondary N) is 3. The Labute approximate surface area is 198 Å². The van der Waals surface area contributed by atoms with E-state index < -0.39 is 36.0 Å². The van der Waals surface area contributed by atoms with Gasteiger partial charge in [0, 0.05) is 7.11 Å². The monoisotopic (exact) mass is 478 g/mol. The number of benzene rings is 1. The number of thioether (sulfide) groups is 1. The van der Waals surface area contributed by atoms with Gasteiger partial charge in [-0.15, -0.1) is 11.8 Å². The molecule has 0 saturated heterocycles. The molecule has 0 fully saturated rings. The number of ether oxygens (including phenoxy) is 1. The van der Waals surface area contributed by atoms with Gasteiger partial charge < -0.3 is 26.2 Å². The van der Waals surface area contributed by atoms with E-state index in [1.807, 2.05) is 37.5 Å². The maximum absolute atomic E-state index is 12.9. The Kier molecular flexibility index (Phi) is 10.4. The quantitative estimate of drug-likeness (QED) is 0.321. The third-order valence-corrected chi connectivity index (χ3v) is 6.52. The fourth-order valence-electron chi connectivity index (χ4n) is 3.49. The maximum atomic E-state index is 12.9. The second kappa shape index (κ2) is 12.7. The lowest BCUT2D eigenvalue weighted by Gasteiger charge is -2.35. The molecule has 1 heterocycles. The average molecular weight is 479 g/mol. The van der Waals surface area contributed by atoms with Crippen LogP contribution < -0.4 is 21.7 Å². The van der Waals surface area contributed by atoms with E-state index in [1.54, 1.807) is 19.1 Å². The molecule has 1 aliphatic rings. The van der Waals surface area contributed by atoms with Crippen LogP contribution in [0.4, 0.5) is 0 Å². The Balaban J connectivity index is 2.10. The first-order valence-corrected chi connectivity index (χ1v) is 11.8. The Hall–Kier alpha value is -2.40. The molecule has 2 rings (SSSR count). The van der Waals surface area contributed by atoms with Crippen LogP contribution >= 0.6 is 11.8 Å². The number of methoxy groups -OCH3 is 1. The number of rotatable bonds is 11. The Morgan fingerprint density at radius 1 is 1.21 bits per heavy atom. The van der Waals surface area contributed by atoms with Gasteiger partial charge in [0.25, 0.3) is 0 Å². The summed E-state index contributed by atoms with van der Waals surface area (Å²) >= 11 is 1.42. The molecule has 0 radical (unpaired) electrons. The van der Waals surface area contributed by atoms with Gasteiger partial charge in [0.1, 0.15) is 18.1 Å². The van der Waals surface area contributed by atoms with Crippen molar-refractivity contribution >= 4 is 29.5 Å². The lowest BCUT2D eigenvalue weighted by molar-refractivity contribution is -0.142. The SMILES string of the molecule is COC[C@@H](NC(=O)C(N)c1ccccc1)[C@@H]1NC(C(=O)N[C@@H](CC(C)C)C(=O)O)C(C)=CS1. The first-order valence-electron chi connectivity index (χ1n) is 10.8. The fourth-order valence-corrected chi connectivity index (χ4v) is 4.54. The summed E-state index contributed by atoms with van der Waals surface area (Å²) in [6.45, 7) is 5.80. The van der Waals surface area contributed by atoms with E-state index in [4.69, 9.17) is 10.5 Å². The second-order valence-electron chi connectivity index (χ2n) is 8.51. The molecule has 1 aromatic carbocycles. The number of amides is 2. The molecule has 9 nitrogen and oxygen atoms in total. The normalized spacial score (nSPS) is 21.0. The Morgan fingerprint density at radius 3 is 2.45 bits per heavy atom. The summed E-state index contributed by atoms with van der Waals surface area (Å²) in [5, 5.41) is 19.7. The summed E-state index contributed by atoms with van der Waals surface area (Å²) in [6, 6.07) is 6.01. The van der Waals surface area contributed by atoms with E-state index in [2.05, 4.69) is 16.0 Å². The first kappa shape index (κ1) is 26.8. The smallest absolute Gasteiger partial charge is 0.326 e. The summed E-state index contributed by atoms with van der Waals surface area (Å²) in [7, 11) is 1.53. The van der Waals surface area contributed by atoms with Crippen molar-refractivity contribution in [2.24, 2.45) is 11.7 Å². The van der Waals surface area contributed by atoms with Crippen molar-refractivity contribution in [2.75, 3.05) is 13.7 Å². The molecule has 33 heavy (non-hydrogen) atoms. The van der Waals surface area contributed by atoms with Crippen LogP contribution in [0.1, 0.15) is 38.8 Å². The highest BCUT2D eigenvalue weighted by atomic mass is 32.2.